The predicted molar refractivity (Wildman–Crippen MR) is 53.5 cm³/mol. The summed E-state index contributed by atoms with van der Waals surface area (Å²) in [7, 11) is 0. The Kier molecular flexibility index (Phi) is 2.34. The van der Waals surface area contributed by atoms with Gasteiger partial charge in [0.2, 0.25) is 6.41 Å². The van der Waals surface area contributed by atoms with Crippen molar-refractivity contribution in [1.29, 1.82) is 0 Å². The van der Waals surface area contributed by atoms with E-state index >= 15 is 0 Å². The Hall–Kier alpha value is -0.160. The molecule has 0 aromatic heterocycles. The first kappa shape index (κ1) is 10.4. The first-order valence-electron chi connectivity index (χ1n) is 5.31. The quantitative estimate of drug-likeness (QED) is 0.636. The molecule has 1 aliphatic heterocycles. The number of aliphatic hydroxyl groups is 1. The van der Waals surface area contributed by atoms with Gasteiger partial charge in [-0.1, -0.05) is 0 Å². The van der Waals surface area contributed by atoms with Gasteiger partial charge in [-0.25, -0.2) is 4.90 Å². The van der Waals surface area contributed by atoms with E-state index in [2.05, 4.69) is 5.32 Å². The normalized spacial score (nSPS) is 28.3. The van der Waals surface area contributed by atoms with Crippen LogP contribution in [0.15, 0.2) is 0 Å². The molecule has 2 aliphatic rings. The molecule has 1 aliphatic carbocycles. The second kappa shape index (κ2) is 3.17. The first-order chi connectivity index (χ1) is 6.43. The molecule has 0 aromatic carbocycles. The van der Waals surface area contributed by atoms with Crippen molar-refractivity contribution in [1.82, 2.24) is 10.2 Å². The van der Waals surface area contributed by atoms with E-state index in [1.165, 1.54) is 0 Å². The lowest BCUT2D eigenvalue weighted by Crippen LogP contribution is -2.48. The van der Waals surface area contributed by atoms with Gasteiger partial charge in [-0.2, -0.15) is 0 Å². The number of aliphatic hydroxyl groups excluding tert-OH is 1. The fourth-order valence-electron chi connectivity index (χ4n) is 2.01. The van der Waals surface area contributed by atoms with Crippen molar-refractivity contribution in [2.75, 3.05) is 13.1 Å². The van der Waals surface area contributed by atoms with E-state index in [0.29, 0.717) is 0 Å². The zero-order valence-corrected chi connectivity index (χ0v) is 9.21. The van der Waals surface area contributed by atoms with Gasteiger partial charge in [-0.05, 0) is 33.6 Å². The summed E-state index contributed by atoms with van der Waals surface area (Å²) in [4.78, 5) is 2.03. The monoisotopic (exact) mass is 200 g/mol. The highest BCUT2D eigenvalue weighted by molar-refractivity contribution is 5.05. The standard InChI is InChI=1S/C10H20N2O2/c1-9(2,3)14-8(13)12-7-6-11-10(12)4-5-10/h8,11,13H,4-7H2,1-3H3. The van der Waals surface area contributed by atoms with Gasteiger partial charge in [0.25, 0.3) is 0 Å². The van der Waals surface area contributed by atoms with Crippen molar-refractivity contribution < 1.29 is 9.84 Å². The van der Waals surface area contributed by atoms with Crippen molar-refractivity contribution in [2.45, 2.75) is 51.3 Å². The highest BCUT2D eigenvalue weighted by Crippen LogP contribution is 2.42. The molecule has 82 valence electrons. The van der Waals surface area contributed by atoms with E-state index in [9.17, 15) is 5.11 Å². The van der Waals surface area contributed by atoms with Gasteiger partial charge in [-0.15, -0.1) is 0 Å². The summed E-state index contributed by atoms with van der Waals surface area (Å²) in [6, 6.07) is 0. The molecule has 1 unspecified atom stereocenters. The number of hydrogen-bond acceptors (Lipinski definition) is 4. The molecule has 14 heavy (non-hydrogen) atoms. The molecular formula is C10H20N2O2. The number of hydrogen-bond donors (Lipinski definition) is 2. The zero-order valence-electron chi connectivity index (χ0n) is 9.21. The maximum absolute atomic E-state index is 9.92. The van der Waals surface area contributed by atoms with Crippen LogP contribution in [0.3, 0.4) is 0 Å². The molecule has 2 N–H and O–H groups in total. The van der Waals surface area contributed by atoms with E-state index < -0.39 is 6.41 Å². The molecule has 0 amide bonds. The zero-order chi connectivity index (χ0) is 10.4. The van der Waals surface area contributed by atoms with Gasteiger partial charge < -0.3 is 9.84 Å². The fraction of sp³-hybridized carbons (Fsp3) is 1.00. The van der Waals surface area contributed by atoms with Crippen LogP contribution in [-0.4, -0.2) is 40.8 Å². The summed E-state index contributed by atoms with van der Waals surface area (Å²) < 4.78 is 5.54. The molecule has 1 saturated carbocycles. The summed E-state index contributed by atoms with van der Waals surface area (Å²) in [6.45, 7) is 7.69. The van der Waals surface area contributed by atoms with Crippen molar-refractivity contribution in [2.24, 2.45) is 0 Å². The average Bonchev–Trinajstić information content (AvgIpc) is 2.58. The minimum Gasteiger partial charge on any atom is -0.356 e. The fourth-order valence-corrected chi connectivity index (χ4v) is 2.01. The van der Waals surface area contributed by atoms with Crippen molar-refractivity contribution in [3.63, 3.8) is 0 Å². The van der Waals surface area contributed by atoms with Crippen molar-refractivity contribution >= 4 is 0 Å². The Balaban J connectivity index is 1.94. The number of rotatable bonds is 2. The van der Waals surface area contributed by atoms with Crippen LogP contribution < -0.4 is 5.32 Å². The van der Waals surface area contributed by atoms with Gasteiger partial charge in [0.15, 0.2) is 0 Å². The highest BCUT2D eigenvalue weighted by Gasteiger charge is 2.53. The molecular weight excluding hydrogens is 180 g/mol. The highest BCUT2D eigenvalue weighted by atomic mass is 16.6. The van der Waals surface area contributed by atoms with E-state index in [4.69, 9.17) is 4.74 Å². The van der Waals surface area contributed by atoms with Crippen LogP contribution in [0.4, 0.5) is 0 Å². The second-order valence-corrected chi connectivity index (χ2v) is 5.21. The van der Waals surface area contributed by atoms with Crippen LogP contribution in [-0.2, 0) is 4.74 Å². The van der Waals surface area contributed by atoms with Crippen molar-refractivity contribution in [3.05, 3.63) is 0 Å². The molecule has 1 atom stereocenters. The molecule has 0 aromatic rings. The van der Waals surface area contributed by atoms with Gasteiger partial charge in [0, 0.05) is 13.1 Å². The largest absolute Gasteiger partial charge is 0.356 e. The van der Waals surface area contributed by atoms with E-state index in [-0.39, 0.29) is 11.3 Å². The van der Waals surface area contributed by atoms with Gasteiger partial charge in [0.05, 0.1) is 11.3 Å². The summed E-state index contributed by atoms with van der Waals surface area (Å²) in [5, 5.41) is 13.3. The third-order valence-electron chi connectivity index (χ3n) is 2.81. The predicted octanol–water partition coefficient (Wildman–Crippen LogP) is 0.473. The Bertz CT molecular complexity index is 221. The number of ether oxygens (including phenoxy) is 1. The topological polar surface area (TPSA) is 44.7 Å². The molecule has 4 heteroatoms. The molecule has 0 radical (unpaired) electrons. The van der Waals surface area contributed by atoms with E-state index in [0.717, 1.165) is 25.9 Å². The van der Waals surface area contributed by atoms with Crippen LogP contribution in [0.25, 0.3) is 0 Å². The molecule has 1 saturated heterocycles. The first-order valence-corrected chi connectivity index (χ1v) is 5.31. The Morgan fingerprint density at radius 2 is 2.07 bits per heavy atom. The number of nitrogens with zero attached hydrogens (tertiary/aromatic N) is 1. The molecule has 1 heterocycles. The lowest BCUT2D eigenvalue weighted by Gasteiger charge is -2.33. The smallest absolute Gasteiger partial charge is 0.218 e. The molecule has 4 nitrogen and oxygen atoms in total. The van der Waals surface area contributed by atoms with Crippen LogP contribution in [0.1, 0.15) is 33.6 Å². The number of nitrogens with one attached hydrogen (secondary N) is 1. The minimum absolute atomic E-state index is 0.0602. The molecule has 1 spiro atoms. The molecule has 2 fully saturated rings. The summed E-state index contributed by atoms with van der Waals surface area (Å²) in [6.07, 6.45) is 1.47. The summed E-state index contributed by atoms with van der Waals surface area (Å²) >= 11 is 0. The van der Waals surface area contributed by atoms with Gasteiger partial charge in [-0.3, -0.25) is 5.32 Å². The maximum Gasteiger partial charge on any atom is 0.218 e. The van der Waals surface area contributed by atoms with Crippen LogP contribution in [0, 0.1) is 0 Å². The third kappa shape index (κ3) is 1.93. The third-order valence-corrected chi connectivity index (χ3v) is 2.81. The Morgan fingerprint density at radius 3 is 2.57 bits per heavy atom. The lowest BCUT2D eigenvalue weighted by molar-refractivity contribution is -0.246. The molecule has 2 rings (SSSR count). The van der Waals surface area contributed by atoms with Gasteiger partial charge in [0.1, 0.15) is 0 Å². The summed E-state index contributed by atoms with van der Waals surface area (Å²) in [5.41, 5.74) is -0.233. The summed E-state index contributed by atoms with van der Waals surface area (Å²) in [5.74, 6) is 0. The van der Waals surface area contributed by atoms with Gasteiger partial charge >= 0.3 is 0 Å². The van der Waals surface area contributed by atoms with Crippen molar-refractivity contribution in [3.8, 4) is 0 Å². The molecule has 0 bridgehead atoms. The Labute approximate surface area is 85.2 Å². The van der Waals surface area contributed by atoms with Crippen LogP contribution >= 0.6 is 0 Å². The van der Waals surface area contributed by atoms with E-state index in [1.54, 1.807) is 0 Å². The average molecular weight is 200 g/mol. The maximum atomic E-state index is 9.92. The van der Waals surface area contributed by atoms with Crippen LogP contribution in [0.2, 0.25) is 0 Å². The Morgan fingerprint density at radius 1 is 1.43 bits per heavy atom. The van der Waals surface area contributed by atoms with Crippen LogP contribution in [0.5, 0.6) is 0 Å². The minimum atomic E-state index is -0.771. The second-order valence-electron chi connectivity index (χ2n) is 5.21. The van der Waals surface area contributed by atoms with E-state index in [1.807, 2.05) is 25.7 Å². The lowest BCUT2D eigenvalue weighted by atomic mass is 10.2. The SMILES string of the molecule is CC(C)(C)OC(O)N1CCNC12CC2.